The second-order valence-electron chi connectivity index (χ2n) is 3.50. The van der Waals surface area contributed by atoms with E-state index < -0.39 is 5.97 Å². The smallest absolute Gasteiger partial charge is 0.303 e. The molecule has 0 aliphatic heterocycles. The molecule has 0 bridgehead atoms. The van der Waals surface area contributed by atoms with Crippen molar-refractivity contribution in [3.05, 3.63) is 16.1 Å². The van der Waals surface area contributed by atoms with Gasteiger partial charge in [0.15, 0.2) is 11.5 Å². The minimum Gasteiger partial charge on any atom is -0.495 e. The number of carboxylic acids is 1. The van der Waals surface area contributed by atoms with Crippen molar-refractivity contribution >= 4 is 21.9 Å². The van der Waals surface area contributed by atoms with Crippen molar-refractivity contribution < 1.29 is 24.1 Å². The van der Waals surface area contributed by atoms with E-state index in [0.717, 1.165) is 0 Å². The second kappa shape index (κ2) is 6.49. The molecule has 0 aliphatic rings. The SMILES string of the molecule is COc1cc(Br)c(OC)c(CCC(=O)O)c1OC. The van der Waals surface area contributed by atoms with E-state index in [2.05, 4.69) is 15.9 Å². The van der Waals surface area contributed by atoms with Gasteiger partial charge in [0.05, 0.1) is 25.8 Å². The van der Waals surface area contributed by atoms with Gasteiger partial charge >= 0.3 is 5.97 Å². The lowest BCUT2D eigenvalue weighted by Gasteiger charge is -2.17. The molecule has 1 N–H and O–H groups in total. The largest absolute Gasteiger partial charge is 0.495 e. The summed E-state index contributed by atoms with van der Waals surface area (Å²) in [5, 5.41) is 8.77. The van der Waals surface area contributed by atoms with Crippen LogP contribution in [-0.4, -0.2) is 32.4 Å². The highest BCUT2D eigenvalue weighted by molar-refractivity contribution is 9.10. The number of methoxy groups -OCH3 is 3. The molecule has 5 nitrogen and oxygen atoms in total. The third kappa shape index (κ3) is 3.07. The van der Waals surface area contributed by atoms with E-state index in [9.17, 15) is 4.79 Å². The molecule has 18 heavy (non-hydrogen) atoms. The Labute approximate surface area is 114 Å². The quantitative estimate of drug-likeness (QED) is 0.873. The summed E-state index contributed by atoms with van der Waals surface area (Å²) in [5.74, 6) is 0.719. The lowest BCUT2D eigenvalue weighted by Crippen LogP contribution is -2.04. The average Bonchev–Trinajstić information content (AvgIpc) is 2.35. The molecular formula is C12H15BrO5. The molecule has 1 rings (SSSR count). The summed E-state index contributed by atoms with van der Waals surface area (Å²) >= 11 is 3.36. The molecular weight excluding hydrogens is 304 g/mol. The first-order chi connectivity index (χ1) is 8.54. The molecule has 0 unspecified atom stereocenters. The van der Waals surface area contributed by atoms with Gasteiger partial charge in [-0.15, -0.1) is 0 Å². The van der Waals surface area contributed by atoms with Crippen molar-refractivity contribution in [1.82, 2.24) is 0 Å². The first kappa shape index (κ1) is 14.6. The maximum absolute atomic E-state index is 10.7. The van der Waals surface area contributed by atoms with Gasteiger partial charge in [-0.25, -0.2) is 0 Å². The molecule has 0 radical (unpaired) electrons. The number of rotatable bonds is 6. The van der Waals surface area contributed by atoms with Gasteiger partial charge in [0.1, 0.15) is 5.75 Å². The molecule has 0 amide bonds. The molecule has 0 spiro atoms. The van der Waals surface area contributed by atoms with E-state index in [1.165, 1.54) is 21.3 Å². The standard InChI is InChI=1S/C12H15BrO5/c1-16-9-6-8(13)11(17-2)7(12(9)18-3)4-5-10(14)15/h6H,4-5H2,1-3H3,(H,14,15). The Balaban J connectivity index is 3.30. The zero-order chi connectivity index (χ0) is 13.7. The lowest BCUT2D eigenvalue weighted by atomic mass is 10.1. The Morgan fingerprint density at radius 3 is 2.28 bits per heavy atom. The number of hydrogen-bond acceptors (Lipinski definition) is 4. The second-order valence-corrected chi connectivity index (χ2v) is 4.35. The Morgan fingerprint density at radius 1 is 1.22 bits per heavy atom. The average molecular weight is 319 g/mol. The Hall–Kier alpha value is -1.43. The minimum absolute atomic E-state index is 0.00761. The van der Waals surface area contributed by atoms with E-state index >= 15 is 0 Å². The van der Waals surface area contributed by atoms with E-state index in [1.807, 2.05) is 0 Å². The maximum Gasteiger partial charge on any atom is 0.303 e. The van der Waals surface area contributed by atoms with Crippen molar-refractivity contribution in [2.75, 3.05) is 21.3 Å². The topological polar surface area (TPSA) is 65.0 Å². The number of aliphatic carboxylic acids is 1. The highest BCUT2D eigenvalue weighted by Crippen LogP contribution is 2.43. The van der Waals surface area contributed by atoms with Crippen molar-refractivity contribution in [1.29, 1.82) is 0 Å². The monoisotopic (exact) mass is 318 g/mol. The molecule has 0 heterocycles. The highest BCUT2D eigenvalue weighted by atomic mass is 79.9. The molecule has 6 heteroatoms. The summed E-state index contributed by atoms with van der Waals surface area (Å²) in [6.07, 6.45) is 0.295. The molecule has 0 aliphatic carbocycles. The van der Waals surface area contributed by atoms with Crippen LogP contribution in [-0.2, 0) is 11.2 Å². The zero-order valence-electron chi connectivity index (χ0n) is 10.4. The van der Waals surface area contributed by atoms with Crippen LogP contribution in [0.5, 0.6) is 17.2 Å². The Bertz CT molecular complexity index is 445. The number of halogens is 1. The van der Waals surface area contributed by atoms with Crippen molar-refractivity contribution in [2.24, 2.45) is 0 Å². The van der Waals surface area contributed by atoms with Gasteiger partial charge in [-0.2, -0.15) is 0 Å². The van der Waals surface area contributed by atoms with Gasteiger partial charge in [0.2, 0.25) is 0 Å². The number of ether oxygens (including phenoxy) is 3. The van der Waals surface area contributed by atoms with Crippen molar-refractivity contribution in [2.45, 2.75) is 12.8 Å². The molecule has 1 aromatic carbocycles. The summed E-state index contributed by atoms with van der Waals surface area (Å²) in [6.45, 7) is 0. The molecule has 0 saturated heterocycles. The maximum atomic E-state index is 10.7. The van der Waals surface area contributed by atoms with Crippen molar-refractivity contribution in [3.63, 3.8) is 0 Å². The summed E-state index contributed by atoms with van der Waals surface area (Å²) in [4.78, 5) is 10.7. The normalized spacial score (nSPS) is 10.0. The number of hydrogen-bond donors (Lipinski definition) is 1. The minimum atomic E-state index is -0.877. The van der Waals surface area contributed by atoms with Gasteiger partial charge in [-0.1, -0.05) is 0 Å². The molecule has 0 aromatic heterocycles. The van der Waals surface area contributed by atoms with Crippen LogP contribution in [0.25, 0.3) is 0 Å². The first-order valence-corrected chi connectivity index (χ1v) is 6.03. The first-order valence-electron chi connectivity index (χ1n) is 5.24. The summed E-state index contributed by atoms with van der Waals surface area (Å²) in [7, 11) is 4.56. The fourth-order valence-corrected chi connectivity index (χ4v) is 2.31. The third-order valence-corrected chi connectivity index (χ3v) is 3.05. The fourth-order valence-electron chi connectivity index (χ4n) is 1.70. The van der Waals surface area contributed by atoms with Crippen LogP contribution in [0.2, 0.25) is 0 Å². The van der Waals surface area contributed by atoms with E-state index in [1.54, 1.807) is 6.07 Å². The Kier molecular flexibility index (Phi) is 5.27. The van der Waals surface area contributed by atoms with E-state index in [0.29, 0.717) is 33.7 Å². The molecule has 0 atom stereocenters. The molecule has 0 fully saturated rings. The van der Waals surface area contributed by atoms with Crippen molar-refractivity contribution in [3.8, 4) is 17.2 Å². The highest BCUT2D eigenvalue weighted by Gasteiger charge is 2.19. The van der Waals surface area contributed by atoms with Crippen LogP contribution in [0.15, 0.2) is 10.5 Å². The lowest BCUT2D eigenvalue weighted by molar-refractivity contribution is -0.136. The molecule has 0 saturated carbocycles. The third-order valence-electron chi connectivity index (χ3n) is 2.46. The van der Waals surface area contributed by atoms with Gasteiger partial charge in [-0.05, 0) is 22.4 Å². The fraction of sp³-hybridized carbons (Fsp3) is 0.417. The van der Waals surface area contributed by atoms with Gasteiger partial charge < -0.3 is 19.3 Å². The van der Waals surface area contributed by atoms with Gasteiger partial charge in [0, 0.05) is 18.1 Å². The predicted octanol–water partition coefficient (Wildman–Crippen LogP) is 2.49. The molecule has 100 valence electrons. The number of benzene rings is 1. The van der Waals surface area contributed by atoms with Crippen LogP contribution in [0.1, 0.15) is 12.0 Å². The Morgan fingerprint density at radius 2 is 1.83 bits per heavy atom. The van der Waals surface area contributed by atoms with E-state index in [4.69, 9.17) is 19.3 Å². The van der Waals surface area contributed by atoms with Crippen LogP contribution in [0.4, 0.5) is 0 Å². The van der Waals surface area contributed by atoms with Gasteiger partial charge in [0.25, 0.3) is 0 Å². The van der Waals surface area contributed by atoms with Crippen LogP contribution in [0, 0.1) is 0 Å². The number of carboxylic acid groups (broad SMARTS) is 1. The molecule has 1 aromatic rings. The summed E-state index contributed by atoms with van der Waals surface area (Å²) in [6, 6.07) is 1.72. The van der Waals surface area contributed by atoms with Crippen LogP contribution >= 0.6 is 15.9 Å². The predicted molar refractivity (Wildman–Crippen MR) is 69.8 cm³/mol. The summed E-state index contributed by atoms with van der Waals surface area (Å²) in [5.41, 5.74) is 0.675. The summed E-state index contributed by atoms with van der Waals surface area (Å²) < 4.78 is 16.5. The van der Waals surface area contributed by atoms with Crippen LogP contribution < -0.4 is 14.2 Å². The van der Waals surface area contributed by atoms with Gasteiger partial charge in [-0.3, -0.25) is 4.79 Å². The number of carbonyl (C=O) groups is 1. The van der Waals surface area contributed by atoms with E-state index in [-0.39, 0.29) is 6.42 Å². The zero-order valence-corrected chi connectivity index (χ0v) is 12.0. The van der Waals surface area contributed by atoms with Crippen LogP contribution in [0.3, 0.4) is 0 Å².